The van der Waals surface area contributed by atoms with E-state index in [9.17, 15) is 0 Å². The van der Waals surface area contributed by atoms with E-state index >= 15 is 0 Å². The number of hydrogen-bond donors (Lipinski definition) is 1. The van der Waals surface area contributed by atoms with Crippen LogP contribution in [0.5, 0.6) is 5.88 Å². The number of hydrogen-bond acceptors (Lipinski definition) is 7. The second-order valence-electron chi connectivity index (χ2n) is 4.12. The van der Waals surface area contributed by atoms with Gasteiger partial charge in [-0.25, -0.2) is 0 Å². The molecule has 0 saturated heterocycles. The summed E-state index contributed by atoms with van der Waals surface area (Å²) in [5, 5.41) is 11.7. The van der Waals surface area contributed by atoms with Gasteiger partial charge < -0.3 is 15.0 Å². The van der Waals surface area contributed by atoms with E-state index in [1.54, 1.807) is 18.2 Å². The SMILES string of the molecule is COc1ccc(-c2noc(-c3cc(I)ccc3N)n2)nn1. The molecule has 0 fully saturated rings. The van der Waals surface area contributed by atoms with E-state index in [2.05, 4.69) is 42.9 Å². The highest BCUT2D eigenvalue weighted by molar-refractivity contribution is 14.1. The predicted octanol–water partition coefficient (Wildman–Crippen LogP) is 2.39. The molecular weight excluding hydrogens is 385 g/mol. The molecule has 2 aromatic heterocycles. The Labute approximate surface area is 133 Å². The van der Waals surface area contributed by atoms with Gasteiger partial charge in [0, 0.05) is 15.3 Å². The highest BCUT2D eigenvalue weighted by atomic mass is 127. The Morgan fingerprint density at radius 3 is 2.76 bits per heavy atom. The fourth-order valence-electron chi connectivity index (χ4n) is 1.70. The van der Waals surface area contributed by atoms with Crippen molar-refractivity contribution >= 4 is 28.3 Å². The molecule has 0 bridgehead atoms. The van der Waals surface area contributed by atoms with E-state index in [1.807, 2.05) is 12.1 Å². The van der Waals surface area contributed by atoms with Crippen LogP contribution in [-0.4, -0.2) is 27.4 Å². The van der Waals surface area contributed by atoms with E-state index in [1.165, 1.54) is 7.11 Å². The summed E-state index contributed by atoms with van der Waals surface area (Å²) in [5.41, 5.74) is 7.70. The minimum Gasteiger partial charge on any atom is -0.480 e. The monoisotopic (exact) mass is 395 g/mol. The molecule has 0 unspecified atom stereocenters. The first-order valence-electron chi connectivity index (χ1n) is 5.94. The number of nitrogen functional groups attached to an aromatic ring is 1. The van der Waals surface area contributed by atoms with Crippen molar-refractivity contribution in [3.05, 3.63) is 33.9 Å². The maximum Gasteiger partial charge on any atom is 0.260 e. The van der Waals surface area contributed by atoms with Crippen molar-refractivity contribution in [2.24, 2.45) is 0 Å². The maximum absolute atomic E-state index is 5.93. The van der Waals surface area contributed by atoms with Crippen LogP contribution in [0.15, 0.2) is 34.9 Å². The predicted molar refractivity (Wildman–Crippen MR) is 84.4 cm³/mol. The standard InChI is InChI=1S/C13H10IN5O2/c1-20-11-5-4-10(17-18-11)12-16-13(21-19-12)8-6-7(14)2-3-9(8)15/h2-6H,15H2,1H3. The number of methoxy groups -OCH3 is 1. The van der Waals surface area contributed by atoms with E-state index in [0.29, 0.717) is 34.5 Å². The van der Waals surface area contributed by atoms with Crippen LogP contribution >= 0.6 is 22.6 Å². The topological polar surface area (TPSA) is 100.0 Å². The van der Waals surface area contributed by atoms with Crippen molar-refractivity contribution in [2.75, 3.05) is 12.8 Å². The Bertz CT molecular complexity index is 772. The molecular formula is C13H10IN5O2. The molecule has 0 aliphatic carbocycles. The largest absolute Gasteiger partial charge is 0.480 e. The molecule has 0 amide bonds. The van der Waals surface area contributed by atoms with Gasteiger partial charge in [0.25, 0.3) is 5.89 Å². The van der Waals surface area contributed by atoms with Gasteiger partial charge in [0.05, 0.1) is 12.7 Å². The average Bonchev–Trinajstić information content (AvgIpc) is 2.99. The lowest BCUT2D eigenvalue weighted by atomic mass is 10.2. The highest BCUT2D eigenvalue weighted by Gasteiger charge is 2.14. The average molecular weight is 395 g/mol. The zero-order chi connectivity index (χ0) is 14.8. The van der Waals surface area contributed by atoms with Crippen molar-refractivity contribution in [1.82, 2.24) is 20.3 Å². The first kappa shape index (κ1) is 13.7. The normalized spacial score (nSPS) is 10.6. The minimum absolute atomic E-state index is 0.346. The number of aromatic nitrogens is 4. The molecule has 0 saturated carbocycles. The van der Waals surface area contributed by atoms with Gasteiger partial charge in [0.15, 0.2) is 0 Å². The number of anilines is 1. The fraction of sp³-hybridized carbons (Fsp3) is 0.0769. The number of ether oxygens (including phenoxy) is 1. The molecule has 0 aliphatic rings. The third-order valence-corrected chi connectivity index (χ3v) is 3.42. The molecule has 0 radical (unpaired) electrons. The first-order chi connectivity index (χ1) is 10.2. The molecule has 2 heterocycles. The Hall–Kier alpha value is -2.23. The molecule has 21 heavy (non-hydrogen) atoms. The summed E-state index contributed by atoms with van der Waals surface area (Å²) in [4.78, 5) is 4.30. The smallest absolute Gasteiger partial charge is 0.260 e. The number of halogens is 1. The van der Waals surface area contributed by atoms with E-state index < -0.39 is 0 Å². The lowest BCUT2D eigenvalue weighted by Crippen LogP contribution is -1.93. The van der Waals surface area contributed by atoms with Crippen molar-refractivity contribution in [3.8, 4) is 28.9 Å². The summed E-state index contributed by atoms with van der Waals surface area (Å²) in [6, 6.07) is 8.98. The van der Waals surface area contributed by atoms with Gasteiger partial charge in [-0.2, -0.15) is 4.98 Å². The molecule has 1 aromatic carbocycles. The van der Waals surface area contributed by atoms with Gasteiger partial charge in [-0.1, -0.05) is 5.16 Å². The fourth-order valence-corrected chi connectivity index (χ4v) is 2.19. The summed E-state index contributed by atoms with van der Waals surface area (Å²) < 4.78 is 11.2. The van der Waals surface area contributed by atoms with Crippen molar-refractivity contribution in [2.45, 2.75) is 0 Å². The second-order valence-corrected chi connectivity index (χ2v) is 5.36. The van der Waals surface area contributed by atoms with Crippen molar-refractivity contribution in [3.63, 3.8) is 0 Å². The van der Waals surface area contributed by atoms with Crippen LogP contribution in [0.3, 0.4) is 0 Å². The number of nitrogens with two attached hydrogens (primary N) is 1. The Morgan fingerprint density at radius 2 is 2.05 bits per heavy atom. The number of benzene rings is 1. The van der Waals surface area contributed by atoms with Gasteiger partial charge in [0.1, 0.15) is 5.69 Å². The Kier molecular flexibility index (Phi) is 3.69. The quantitative estimate of drug-likeness (QED) is 0.537. The van der Waals surface area contributed by atoms with E-state index in [0.717, 1.165) is 3.57 Å². The third-order valence-electron chi connectivity index (χ3n) is 2.75. The highest BCUT2D eigenvalue weighted by Crippen LogP contribution is 2.27. The van der Waals surface area contributed by atoms with Gasteiger partial charge in [-0.15, -0.1) is 10.2 Å². The molecule has 7 nitrogen and oxygen atoms in total. The summed E-state index contributed by atoms with van der Waals surface area (Å²) in [7, 11) is 1.52. The third kappa shape index (κ3) is 2.79. The van der Waals surface area contributed by atoms with E-state index in [4.69, 9.17) is 15.0 Å². The van der Waals surface area contributed by atoms with Crippen LogP contribution in [0.2, 0.25) is 0 Å². The zero-order valence-electron chi connectivity index (χ0n) is 10.9. The summed E-state index contributed by atoms with van der Waals surface area (Å²) >= 11 is 2.19. The Morgan fingerprint density at radius 1 is 1.19 bits per heavy atom. The van der Waals surface area contributed by atoms with Crippen LogP contribution in [0.4, 0.5) is 5.69 Å². The van der Waals surface area contributed by atoms with Crippen LogP contribution in [-0.2, 0) is 0 Å². The molecule has 0 spiro atoms. The van der Waals surface area contributed by atoms with E-state index in [-0.39, 0.29) is 0 Å². The van der Waals surface area contributed by atoms with Crippen LogP contribution in [0.1, 0.15) is 0 Å². The van der Waals surface area contributed by atoms with Crippen LogP contribution < -0.4 is 10.5 Å². The molecule has 8 heteroatoms. The van der Waals surface area contributed by atoms with Crippen molar-refractivity contribution < 1.29 is 9.26 Å². The molecule has 0 aliphatic heterocycles. The molecule has 3 rings (SSSR count). The molecule has 3 aromatic rings. The number of nitrogens with zero attached hydrogens (tertiary/aromatic N) is 4. The summed E-state index contributed by atoms with van der Waals surface area (Å²) in [6.45, 7) is 0. The van der Waals surface area contributed by atoms with Gasteiger partial charge >= 0.3 is 0 Å². The van der Waals surface area contributed by atoms with Gasteiger partial charge in [-0.3, -0.25) is 0 Å². The molecule has 106 valence electrons. The van der Waals surface area contributed by atoms with Crippen molar-refractivity contribution in [1.29, 1.82) is 0 Å². The summed E-state index contributed by atoms with van der Waals surface area (Å²) in [6.07, 6.45) is 0. The van der Waals surface area contributed by atoms with Crippen LogP contribution in [0, 0.1) is 3.57 Å². The number of rotatable bonds is 3. The van der Waals surface area contributed by atoms with Gasteiger partial charge in [-0.05, 0) is 46.9 Å². The molecule has 0 atom stereocenters. The van der Waals surface area contributed by atoms with Crippen LogP contribution in [0.25, 0.3) is 23.0 Å². The minimum atomic E-state index is 0.346. The molecule has 2 N–H and O–H groups in total. The van der Waals surface area contributed by atoms with Gasteiger partial charge in [0.2, 0.25) is 11.7 Å². The first-order valence-corrected chi connectivity index (χ1v) is 7.02. The lowest BCUT2D eigenvalue weighted by Gasteiger charge is -2.00. The maximum atomic E-state index is 5.93. The Balaban J connectivity index is 1.97. The second kappa shape index (κ2) is 5.64. The summed E-state index contributed by atoms with van der Waals surface area (Å²) in [5.74, 6) is 1.11. The zero-order valence-corrected chi connectivity index (χ0v) is 13.1. The lowest BCUT2D eigenvalue weighted by molar-refractivity contribution is 0.392.